The summed E-state index contributed by atoms with van der Waals surface area (Å²) in [6.07, 6.45) is 6.10. The molecule has 1 amide bonds. The summed E-state index contributed by atoms with van der Waals surface area (Å²) in [4.78, 5) is 29.5. The number of nitrogens with zero attached hydrogens (tertiary/aromatic N) is 3. The van der Waals surface area contributed by atoms with E-state index in [0.29, 0.717) is 34.5 Å². The topological polar surface area (TPSA) is 124 Å². The molecule has 1 aliphatic carbocycles. The molecule has 2 aromatic carbocycles. The average Bonchev–Trinajstić information content (AvgIpc) is 2.95. The summed E-state index contributed by atoms with van der Waals surface area (Å²) in [5.74, 6) is -0.576. The van der Waals surface area contributed by atoms with Crippen molar-refractivity contribution in [3.8, 4) is 17.3 Å². The molecule has 3 aromatic rings. The molecule has 8 nitrogen and oxygen atoms in total. The van der Waals surface area contributed by atoms with Crippen molar-refractivity contribution in [2.45, 2.75) is 37.8 Å². The lowest BCUT2D eigenvalue weighted by molar-refractivity contribution is 0.100. The van der Waals surface area contributed by atoms with Crippen LogP contribution in [-0.4, -0.2) is 61.8 Å². The van der Waals surface area contributed by atoms with Crippen LogP contribution >= 0.6 is 0 Å². The number of nitrogens with two attached hydrogens (primary N) is 1. The molecule has 198 valence electrons. The van der Waals surface area contributed by atoms with Crippen molar-refractivity contribution in [3.05, 3.63) is 71.9 Å². The Labute approximate surface area is 224 Å². The Bertz CT molecular complexity index is 1340. The van der Waals surface area contributed by atoms with Crippen LogP contribution in [0, 0.1) is 11.3 Å². The maximum Gasteiger partial charge on any atom is 0.250 e. The van der Waals surface area contributed by atoms with Crippen molar-refractivity contribution >= 4 is 28.7 Å². The van der Waals surface area contributed by atoms with Crippen LogP contribution < -0.4 is 16.4 Å². The highest BCUT2D eigenvalue weighted by molar-refractivity contribution is 6.08. The van der Waals surface area contributed by atoms with Crippen molar-refractivity contribution in [2.24, 2.45) is 5.73 Å². The number of pyridine rings is 1. The number of benzene rings is 2. The van der Waals surface area contributed by atoms with Gasteiger partial charge in [-0.3, -0.25) is 9.59 Å². The Hall–Kier alpha value is -4.06. The standard InChI is InChI=1S/C21H16N4O2.C9H20N2/c1-13(10-22)11-24-20-17(21(23)27)8-7-14-5-6-15(9-18(14)20)19-4-2-3-16(12-26)25-19;1-10-8-4-6-9(7-5-8)11(2)3/h2-9,12,24H,1,11H2,(H2,23,27);8-10H,4-7H2,1-3H3. The van der Waals surface area contributed by atoms with E-state index in [1.165, 1.54) is 25.7 Å². The Kier molecular flexibility index (Phi) is 10.1. The minimum atomic E-state index is -0.576. The molecule has 1 saturated carbocycles. The van der Waals surface area contributed by atoms with Crippen molar-refractivity contribution < 1.29 is 9.59 Å². The highest BCUT2D eigenvalue weighted by Gasteiger charge is 2.20. The van der Waals surface area contributed by atoms with Gasteiger partial charge in [-0.05, 0) is 76.5 Å². The van der Waals surface area contributed by atoms with Crippen LogP contribution in [0.2, 0.25) is 0 Å². The van der Waals surface area contributed by atoms with E-state index < -0.39 is 5.91 Å². The lowest BCUT2D eigenvalue weighted by Crippen LogP contribution is -2.37. The third-order valence-electron chi connectivity index (χ3n) is 6.95. The van der Waals surface area contributed by atoms with Crippen molar-refractivity contribution in [3.63, 3.8) is 0 Å². The van der Waals surface area contributed by atoms with Gasteiger partial charge in [-0.2, -0.15) is 5.26 Å². The summed E-state index contributed by atoms with van der Waals surface area (Å²) in [7, 11) is 6.44. The van der Waals surface area contributed by atoms with Gasteiger partial charge < -0.3 is 21.3 Å². The number of carbonyl (C=O) groups excluding carboxylic acids is 2. The molecule has 0 saturated heterocycles. The first-order valence-corrected chi connectivity index (χ1v) is 12.7. The first-order chi connectivity index (χ1) is 18.3. The largest absolute Gasteiger partial charge is 0.379 e. The number of anilines is 1. The fourth-order valence-corrected chi connectivity index (χ4v) is 4.67. The third kappa shape index (κ3) is 7.25. The zero-order valence-corrected chi connectivity index (χ0v) is 22.3. The molecular weight excluding hydrogens is 476 g/mol. The summed E-state index contributed by atoms with van der Waals surface area (Å²) in [5.41, 5.74) is 8.46. The molecule has 1 fully saturated rings. The molecule has 38 heavy (non-hydrogen) atoms. The Morgan fingerprint density at radius 2 is 1.89 bits per heavy atom. The van der Waals surface area contributed by atoms with E-state index in [4.69, 9.17) is 11.0 Å². The van der Waals surface area contributed by atoms with Gasteiger partial charge in [0.2, 0.25) is 0 Å². The second-order valence-corrected chi connectivity index (χ2v) is 9.68. The minimum absolute atomic E-state index is 0.193. The summed E-state index contributed by atoms with van der Waals surface area (Å²) in [6, 6.07) is 17.9. The number of hydrogen-bond acceptors (Lipinski definition) is 7. The number of nitrogens with one attached hydrogen (secondary N) is 2. The van der Waals surface area contributed by atoms with Gasteiger partial charge in [0.05, 0.1) is 23.0 Å². The van der Waals surface area contributed by atoms with Gasteiger partial charge in [0.1, 0.15) is 5.69 Å². The lowest BCUT2D eigenvalue weighted by atomic mass is 9.91. The highest BCUT2D eigenvalue weighted by atomic mass is 16.1. The predicted molar refractivity (Wildman–Crippen MR) is 153 cm³/mol. The number of fused-ring (bicyclic) bond motifs is 1. The molecule has 0 spiro atoms. The van der Waals surface area contributed by atoms with Gasteiger partial charge in [0.25, 0.3) is 5.91 Å². The number of primary amides is 1. The van der Waals surface area contributed by atoms with E-state index in [0.717, 1.165) is 28.4 Å². The first-order valence-electron chi connectivity index (χ1n) is 12.7. The lowest BCUT2D eigenvalue weighted by Gasteiger charge is -2.32. The van der Waals surface area contributed by atoms with E-state index in [1.54, 1.807) is 30.3 Å². The number of aldehydes is 1. The fraction of sp³-hybridized carbons (Fsp3) is 0.333. The monoisotopic (exact) mass is 512 g/mol. The van der Waals surface area contributed by atoms with Gasteiger partial charge in [-0.1, -0.05) is 30.8 Å². The highest BCUT2D eigenvalue weighted by Crippen LogP contribution is 2.31. The second-order valence-electron chi connectivity index (χ2n) is 9.68. The Morgan fingerprint density at radius 3 is 2.50 bits per heavy atom. The van der Waals surface area contributed by atoms with Crippen LogP contribution in [-0.2, 0) is 0 Å². The van der Waals surface area contributed by atoms with E-state index in [2.05, 4.69) is 48.2 Å². The van der Waals surface area contributed by atoms with Crippen LogP contribution in [0.1, 0.15) is 46.5 Å². The van der Waals surface area contributed by atoms with E-state index in [-0.39, 0.29) is 6.54 Å². The maximum absolute atomic E-state index is 11.9. The molecule has 1 aliphatic rings. The average molecular weight is 513 g/mol. The Morgan fingerprint density at radius 1 is 1.18 bits per heavy atom. The molecule has 0 atom stereocenters. The smallest absolute Gasteiger partial charge is 0.250 e. The van der Waals surface area contributed by atoms with Crippen molar-refractivity contribution in [2.75, 3.05) is 33.0 Å². The SMILES string of the molecule is C=C(C#N)CNc1c(C(N)=O)ccc2ccc(-c3cccc(C=O)n3)cc12.CNC1CCC(N(C)C)CC1. The van der Waals surface area contributed by atoms with E-state index >= 15 is 0 Å². The van der Waals surface area contributed by atoms with Gasteiger partial charge in [0.15, 0.2) is 6.29 Å². The van der Waals surface area contributed by atoms with Crippen molar-refractivity contribution in [1.29, 1.82) is 5.26 Å². The van der Waals surface area contributed by atoms with Gasteiger partial charge >= 0.3 is 0 Å². The molecule has 1 aromatic heterocycles. The van der Waals surface area contributed by atoms with Crippen LogP contribution in [0.4, 0.5) is 5.69 Å². The summed E-state index contributed by atoms with van der Waals surface area (Å²) >= 11 is 0. The predicted octanol–water partition coefficient (Wildman–Crippen LogP) is 4.38. The quantitative estimate of drug-likeness (QED) is 0.302. The van der Waals surface area contributed by atoms with E-state index in [9.17, 15) is 9.59 Å². The summed E-state index contributed by atoms with van der Waals surface area (Å²) < 4.78 is 0. The molecular formula is C30H36N6O2. The van der Waals surface area contributed by atoms with Gasteiger partial charge in [-0.15, -0.1) is 0 Å². The van der Waals surface area contributed by atoms with Gasteiger partial charge in [-0.25, -0.2) is 4.98 Å². The maximum atomic E-state index is 11.9. The zero-order valence-electron chi connectivity index (χ0n) is 22.3. The van der Waals surface area contributed by atoms with Crippen LogP contribution in [0.5, 0.6) is 0 Å². The third-order valence-corrected chi connectivity index (χ3v) is 6.95. The van der Waals surface area contributed by atoms with Gasteiger partial charge in [0, 0.05) is 35.2 Å². The molecule has 0 unspecified atom stereocenters. The first kappa shape index (κ1) is 28.5. The molecule has 4 N–H and O–H groups in total. The number of nitriles is 1. The minimum Gasteiger partial charge on any atom is -0.379 e. The van der Waals surface area contributed by atoms with E-state index in [1.807, 2.05) is 24.3 Å². The number of amides is 1. The summed E-state index contributed by atoms with van der Waals surface area (Å²) in [6.45, 7) is 3.84. The fourth-order valence-electron chi connectivity index (χ4n) is 4.67. The second kappa shape index (κ2) is 13.5. The normalized spacial score (nSPS) is 16.7. The summed E-state index contributed by atoms with van der Waals surface area (Å²) in [5, 5.41) is 17.0. The molecule has 1 heterocycles. The molecule has 8 heteroatoms. The number of hydrogen-bond donors (Lipinski definition) is 3. The van der Waals surface area contributed by atoms with Crippen LogP contribution in [0.15, 0.2) is 60.7 Å². The molecule has 0 aliphatic heterocycles. The molecule has 4 rings (SSSR count). The zero-order chi connectivity index (χ0) is 27.7. The Balaban J connectivity index is 0.000000304. The number of rotatable bonds is 8. The number of carbonyl (C=O) groups is 2. The molecule has 0 bridgehead atoms. The van der Waals surface area contributed by atoms with Crippen LogP contribution in [0.3, 0.4) is 0 Å². The molecule has 0 radical (unpaired) electrons. The number of aromatic nitrogens is 1. The van der Waals surface area contributed by atoms with Crippen LogP contribution in [0.25, 0.3) is 22.0 Å². The van der Waals surface area contributed by atoms with Crippen molar-refractivity contribution in [1.82, 2.24) is 15.2 Å².